The van der Waals surface area contributed by atoms with E-state index in [2.05, 4.69) is 24.5 Å². The SMILES string of the molecule is FC1=CCC(=c2ncn(Cc3cocn3)c2=C2CC=Nc3[nH]ccc32)C=C1. The van der Waals surface area contributed by atoms with Crippen molar-refractivity contribution in [1.82, 2.24) is 19.5 Å². The third-order valence-electron chi connectivity index (χ3n) is 4.77. The first-order chi connectivity index (χ1) is 13.3. The van der Waals surface area contributed by atoms with Crippen LogP contribution in [0.25, 0.3) is 11.1 Å². The molecule has 0 amide bonds. The number of hydrogen-bond donors (Lipinski definition) is 1. The molecule has 0 radical (unpaired) electrons. The molecule has 0 atom stereocenters. The normalized spacial score (nSPS) is 20.0. The van der Waals surface area contributed by atoms with Crippen LogP contribution < -0.4 is 10.7 Å². The molecule has 1 N–H and O–H groups in total. The second-order valence-electron chi connectivity index (χ2n) is 6.44. The van der Waals surface area contributed by atoms with Gasteiger partial charge in [0.15, 0.2) is 6.39 Å². The Bertz CT molecular complexity index is 1210. The zero-order valence-corrected chi connectivity index (χ0v) is 14.4. The van der Waals surface area contributed by atoms with Gasteiger partial charge in [0, 0.05) is 24.4 Å². The molecule has 0 fully saturated rings. The second-order valence-corrected chi connectivity index (χ2v) is 6.44. The number of rotatable bonds is 2. The third-order valence-corrected chi connectivity index (χ3v) is 4.77. The fourth-order valence-electron chi connectivity index (χ4n) is 3.52. The summed E-state index contributed by atoms with van der Waals surface area (Å²) < 4.78 is 20.6. The lowest BCUT2D eigenvalue weighted by Gasteiger charge is -2.11. The van der Waals surface area contributed by atoms with E-state index in [0.717, 1.165) is 38.9 Å². The van der Waals surface area contributed by atoms with Crippen LogP contribution in [0.3, 0.4) is 0 Å². The first kappa shape index (κ1) is 15.7. The number of imidazole rings is 1. The first-order valence-electron chi connectivity index (χ1n) is 8.68. The van der Waals surface area contributed by atoms with Gasteiger partial charge in [-0.25, -0.2) is 19.4 Å². The molecular weight excluding hydrogens is 345 g/mol. The maximum Gasteiger partial charge on any atom is 0.180 e. The van der Waals surface area contributed by atoms with Crippen molar-refractivity contribution in [2.75, 3.05) is 0 Å². The Morgan fingerprint density at radius 3 is 3.00 bits per heavy atom. The van der Waals surface area contributed by atoms with Crippen LogP contribution in [0.2, 0.25) is 0 Å². The van der Waals surface area contributed by atoms with Crippen LogP contribution in [0, 0.1) is 0 Å². The quantitative estimate of drug-likeness (QED) is 0.762. The van der Waals surface area contributed by atoms with Gasteiger partial charge in [-0.1, -0.05) is 6.08 Å². The van der Waals surface area contributed by atoms with Crippen molar-refractivity contribution in [3.8, 4) is 0 Å². The van der Waals surface area contributed by atoms with Gasteiger partial charge in [-0.15, -0.1) is 0 Å². The van der Waals surface area contributed by atoms with E-state index in [-0.39, 0.29) is 5.83 Å². The van der Waals surface area contributed by atoms with E-state index >= 15 is 0 Å². The standard InChI is InChI=1S/C20H16FN5O/c21-14-3-1-13(2-4-14)18-19(16-5-7-22-20-17(16)6-8-23-20)26(11-24-18)9-15-10-27-12-25-15/h1,3-4,6-8,10-12,23H,2,5,9H2. The third kappa shape index (κ3) is 2.77. The first-order valence-corrected chi connectivity index (χ1v) is 8.68. The molecule has 2 aliphatic rings. The number of nitrogens with one attached hydrogen (secondary N) is 1. The summed E-state index contributed by atoms with van der Waals surface area (Å²) in [5, 5.41) is 1.86. The lowest BCUT2D eigenvalue weighted by atomic mass is 10.0. The van der Waals surface area contributed by atoms with Gasteiger partial charge >= 0.3 is 0 Å². The van der Waals surface area contributed by atoms with E-state index in [1.54, 1.807) is 24.7 Å². The highest BCUT2D eigenvalue weighted by Crippen LogP contribution is 2.28. The minimum Gasteiger partial charge on any atom is -0.451 e. The van der Waals surface area contributed by atoms with E-state index in [9.17, 15) is 4.39 Å². The molecule has 0 saturated heterocycles. The molecule has 5 rings (SSSR count). The van der Waals surface area contributed by atoms with Crippen molar-refractivity contribution < 1.29 is 8.81 Å². The number of aromatic nitrogens is 4. The summed E-state index contributed by atoms with van der Waals surface area (Å²) >= 11 is 0. The Kier molecular flexibility index (Phi) is 3.71. The van der Waals surface area contributed by atoms with Crippen molar-refractivity contribution in [3.63, 3.8) is 0 Å². The minimum absolute atomic E-state index is 0.215. The number of H-pyrrole nitrogens is 1. The largest absolute Gasteiger partial charge is 0.451 e. The zero-order chi connectivity index (χ0) is 18.2. The molecular formula is C20H16FN5O. The van der Waals surface area contributed by atoms with Crippen LogP contribution >= 0.6 is 0 Å². The van der Waals surface area contributed by atoms with Crippen LogP contribution in [0.1, 0.15) is 24.1 Å². The smallest absolute Gasteiger partial charge is 0.180 e. The molecule has 6 nitrogen and oxygen atoms in total. The summed E-state index contributed by atoms with van der Waals surface area (Å²) in [6, 6.07) is 2.03. The Morgan fingerprint density at radius 1 is 1.22 bits per heavy atom. The highest BCUT2D eigenvalue weighted by molar-refractivity contribution is 5.88. The summed E-state index contributed by atoms with van der Waals surface area (Å²) in [7, 11) is 0. The molecule has 1 aliphatic carbocycles. The molecule has 4 heterocycles. The lowest BCUT2D eigenvalue weighted by Crippen LogP contribution is -2.35. The predicted octanol–water partition coefficient (Wildman–Crippen LogP) is 2.52. The maximum absolute atomic E-state index is 13.4. The number of nitrogens with zero attached hydrogens (tertiary/aromatic N) is 4. The lowest BCUT2D eigenvalue weighted by molar-refractivity contribution is 0.555. The molecule has 0 unspecified atom stereocenters. The van der Waals surface area contributed by atoms with Crippen LogP contribution in [-0.2, 0) is 6.54 Å². The van der Waals surface area contributed by atoms with Gasteiger partial charge in [0.05, 0.1) is 29.3 Å². The number of hydrogen-bond acceptors (Lipinski definition) is 4. The fourth-order valence-corrected chi connectivity index (χ4v) is 3.52. The fraction of sp³-hybridized carbons (Fsp3) is 0.150. The minimum atomic E-state index is -0.215. The van der Waals surface area contributed by atoms with E-state index in [0.29, 0.717) is 19.4 Å². The van der Waals surface area contributed by atoms with Crippen molar-refractivity contribution in [1.29, 1.82) is 0 Å². The van der Waals surface area contributed by atoms with Crippen molar-refractivity contribution in [2.24, 2.45) is 4.99 Å². The molecule has 3 aromatic rings. The molecule has 0 spiro atoms. The Morgan fingerprint density at radius 2 is 2.19 bits per heavy atom. The average Bonchev–Trinajstić information content (AvgIpc) is 3.43. The molecule has 0 aromatic carbocycles. The van der Waals surface area contributed by atoms with Crippen molar-refractivity contribution in [2.45, 2.75) is 19.4 Å². The van der Waals surface area contributed by atoms with Crippen LogP contribution in [-0.4, -0.2) is 25.7 Å². The summed E-state index contributed by atoms with van der Waals surface area (Å²) in [4.78, 5) is 16.5. The monoisotopic (exact) mass is 361 g/mol. The van der Waals surface area contributed by atoms with Gasteiger partial charge in [0.2, 0.25) is 0 Å². The molecule has 1 aliphatic heterocycles. The Balaban J connectivity index is 1.79. The summed E-state index contributed by atoms with van der Waals surface area (Å²) in [6.07, 6.45) is 14.7. The van der Waals surface area contributed by atoms with Gasteiger partial charge in [-0.2, -0.15) is 0 Å². The number of aromatic amines is 1. The second kappa shape index (κ2) is 6.35. The van der Waals surface area contributed by atoms with E-state index in [4.69, 9.17) is 4.42 Å². The molecule has 0 bridgehead atoms. The Labute approximate surface area is 153 Å². The van der Waals surface area contributed by atoms with Gasteiger partial charge in [0.25, 0.3) is 0 Å². The summed E-state index contributed by atoms with van der Waals surface area (Å²) in [5.41, 5.74) is 3.99. The van der Waals surface area contributed by atoms with Gasteiger partial charge in [-0.3, -0.25) is 0 Å². The average molecular weight is 361 g/mol. The number of halogens is 1. The zero-order valence-electron chi connectivity index (χ0n) is 14.4. The van der Waals surface area contributed by atoms with Crippen molar-refractivity contribution in [3.05, 3.63) is 77.3 Å². The maximum atomic E-state index is 13.4. The number of oxazole rings is 1. The summed E-state index contributed by atoms with van der Waals surface area (Å²) in [6.45, 7) is 0.542. The molecule has 3 aromatic heterocycles. The van der Waals surface area contributed by atoms with Crippen LogP contribution in [0.4, 0.5) is 10.2 Å². The van der Waals surface area contributed by atoms with E-state index < -0.39 is 0 Å². The van der Waals surface area contributed by atoms with E-state index in [1.807, 2.05) is 18.5 Å². The predicted molar refractivity (Wildman–Crippen MR) is 99.5 cm³/mol. The van der Waals surface area contributed by atoms with Crippen LogP contribution in [0.5, 0.6) is 0 Å². The molecule has 27 heavy (non-hydrogen) atoms. The number of fused-ring (bicyclic) bond motifs is 1. The van der Waals surface area contributed by atoms with Gasteiger partial charge < -0.3 is 14.0 Å². The van der Waals surface area contributed by atoms with Crippen molar-refractivity contribution >= 4 is 23.2 Å². The highest BCUT2D eigenvalue weighted by Gasteiger charge is 2.17. The summed E-state index contributed by atoms with van der Waals surface area (Å²) in [5.74, 6) is 0.624. The highest BCUT2D eigenvalue weighted by atomic mass is 19.1. The van der Waals surface area contributed by atoms with Gasteiger partial charge in [-0.05, 0) is 35.8 Å². The van der Waals surface area contributed by atoms with Crippen LogP contribution in [0.15, 0.2) is 64.7 Å². The molecule has 7 heteroatoms. The Hall–Kier alpha value is -3.48. The molecule has 134 valence electrons. The van der Waals surface area contributed by atoms with E-state index in [1.165, 1.54) is 12.5 Å². The molecule has 0 saturated carbocycles. The number of allylic oxidation sites excluding steroid dienone is 4. The number of aliphatic imine (C=N–C) groups is 1. The topological polar surface area (TPSA) is 72.0 Å². The van der Waals surface area contributed by atoms with Gasteiger partial charge in [0.1, 0.15) is 17.9 Å².